The van der Waals surface area contributed by atoms with E-state index in [-0.39, 0.29) is 41.0 Å². The number of azo groups is 1. The van der Waals surface area contributed by atoms with Gasteiger partial charge in [-0.1, -0.05) is 59.1 Å². The number of carbonyl (C=O) groups excluding carboxylic acids is 4. The number of anilines is 3. The van der Waals surface area contributed by atoms with Gasteiger partial charge in [0.05, 0.1) is 65.2 Å². The second-order valence-electron chi connectivity index (χ2n) is 16.2. The number of methoxy groups -OCH3 is 2. The first-order valence-corrected chi connectivity index (χ1v) is 21.1. The van der Waals surface area contributed by atoms with E-state index in [1.165, 1.54) is 25.2 Å². The highest BCUT2D eigenvalue weighted by Gasteiger charge is 2.70. The van der Waals surface area contributed by atoms with Crippen molar-refractivity contribution >= 4 is 75.3 Å². The molecule has 6 atom stereocenters. The minimum Gasteiger partial charge on any atom is -0.504 e. The maximum absolute atomic E-state index is 15.6. The lowest BCUT2D eigenvalue weighted by Gasteiger charge is -2.50. The topological polar surface area (TPSA) is 153 Å². The van der Waals surface area contributed by atoms with Crippen molar-refractivity contribution in [1.29, 1.82) is 0 Å². The van der Waals surface area contributed by atoms with Gasteiger partial charge in [0.1, 0.15) is 5.75 Å². The fraction of sp³-hybridized carbons (Fsp3) is 0.250. The molecule has 0 bridgehead atoms. The number of allylic oxidation sites excluding steroid dienone is 2. The average Bonchev–Trinajstić information content (AvgIpc) is 3.67. The summed E-state index contributed by atoms with van der Waals surface area (Å²) < 4.78 is 11.1. The molecule has 320 valence electrons. The molecule has 2 N–H and O–H groups in total. The van der Waals surface area contributed by atoms with Crippen molar-refractivity contribution in [1.82, 2.24) is 5.01 Å². The summed E-state index contributed by atoms with van der Waals surface area (Å²) in [6.45, 7) is 0. The molecule has 0 spiro atoms. The molecule has 6 unspecified atom stereocenters. The standard InChI is InChI=1S/C48H42Cl2N6O7/c1-54(2)30-15-11-28(12-16-30)51-52-29-13-17-31(18-14-29)55-44(58)34-22-21-33-36(41(34)46(55)60)25-37-45(59)56(53-39-23-10-27(49)24-38(39)50)47(61)48(37,26-8-19-32(62-3)20-9-26)42(33)35-6-5-7-40(63-4)43(35)57/h5-21,23-24,34,36-37,41-42,53,57H,22,25H2,1-4H3. The number of rotatable bonds is 10. The van der Waals surface area contributed by atoms with Gasteiger partial charge in [-0.15, -0.1) is 0 Å². The first kappa shape index (κ1) is 41.6. The normalized spacial score (nSPS) is 24.0. The summed E-state index contributed by atoms with van der Waals surface area (Å²) in [5.74, 6) is -5.85. The zero-order valence-electron chi connectivity index (χ0n) is 34.7. The maximum Gasteiger partial charge on any atom is 0.260 e. The number of benzene rings is 5. The number of para-hydroxylation sites is 1. The summed E-state index contributed by atoms with van der Waals surface area (Å²) >= 11 is 12.8. The van der Waals surface area contributed by atoms with Crippen molar-refractivity contribution in [3.63, 3.8) is 0 Å². The highest BCUT2D eigenvalue weighted by Crippen LogP contribution is 2.65. The number of hydrogen-bond acceptors (Lipinski definition) is 11. The maximum atomic E-state index is 15.6. The van der Waals surface area contributed by atoms with Gasteiger partial charge >= 0.3 is 0 Å². The minimum atomic E-state index is -1.67. The largest absolute Gasteiger partial charge is 0.504 e. The molecular weight excluding hydrogens is 843 g/mol. The Morgan fingerprint density at radius 1 is 0.794 bits per heavy atom. The van der Waals surface area contributed by atoms with Crippen LogP contribution in [-0.2, 0) is 24.6 Å². The van der Waals surface area contributed by atoms with E-state index in [1.807, 2.05) is 49.3 Å². The van der Waals surface area contributed by atoms with E-state index in [2.05, 4.69) is 15.7 Å². The molecule has 2 aliphatic heterocycles. The second kappa shape index (κ2) is 16.2. The van der Waals surface area contributed by atoms with Gasteiger partial charge in [0.2, 0.25) is 11.8 Å². The number of nitrogens with zero attached hydrogens (tertiary/aromatic N) is 5. The summed E-state index contributed by atoms with van der Waals surface area (Å²) in [5.41, 5.74) is 5.67. The number of amides is 4. The SMILES string of the molecule is COc1ccc(C23C(=O)N(Nc4ccc(Cl)cc4Cl)C(=O)C2CC2C(=CCC4C(=O)N(c5ccc(N=Nc6ccc(N(C)C)cc6)cc5)C(=O)C42)C3c2cccc(OC)c2O)cc1. The molecule has 63 heavy (non-hydrogen) atoms. The van der Waals surface area contributed by atoms with Crippen molar-refractivity contribution < 1.29 is 33.8 Å². The van der Waals surface area contributed by atoms with Crippen molar-refractivity contribution in [2.24, 2.45) is 33.9 Å². The molecule has 4 aliphatic rings. The quantitative estimate of drug-likeness (QED) is 0.0794. The molecule has 4 amide bonds. The zero-order valence-corrected chi connectivity index (χ0v) is 36.2. The highest BCUT2D eigenvalue weighted by atomic mass is 35.5. The Morgan fingerprint density at radius 3 is 2.11 bits per heavy atom. The Balaban J connectivity index is 1.13. The molecule has 2 aliphatic carbocycles. The molecule has 0 radical (unpaired) electrons. The van der Waals surface area contributed by atoms with E-state index < -0.39 is 52.7 Å². The number of phenols is 1. The molecule has 5 aromatic rings. The molecule has 9 rings (SSSR count). The van der Waals surface area contributed by atoms with Gasteiger partial charge in [-0.25, -0.2) is 0 Å². The molecule has 13 nitrogen and oxygen atoms in total. The van der Waals surface area contributed by atoms with E-state index in [0.29, 0.717) is 44.5 Å². The lowest BCUT2D eigenvalue weighted by atomic mass is 9.49. The number of fused-ring (bicyclic) bond motifs is 4. The van der Waals surface area contributed by atoms with E-state index in [0.717, 1.165) is 10.7 Å². The first-order valence-electron chi connectivity index (χ1n) is 20.3. The van der Waals surface area contributed by atoms with Crippen LogP contribution in [0.1, 0.15) is 29.9 Å². The van der Waals surface area contributed by atoms with Gasteiger partial charge in [0.25, 0.3) is 11.8 Å². The smallest absolute Gasteiger partial charge is 0.260 e. The summed E-state index contributed by atoms with van der Waals surface area (Å²) in [4.78, 5) is 63.1. The van der Waals surface area contributed by atoms with Crippen LogP contribution in [-0.4, -0.2) is 62.1 Å². The fourth-order valence-electron chi connectivity index (χ4n) is 9.98. The molecular formula is C48H42Cl2N6O7. The van der Waals surface area contributed by atoms with Crippen molar-refractivity contribution in [3.8, 4) is 17.2 Å². The third-order valence-electron chi connectivity index (χ3n) is 12.9. The van der Waals surface area contributed by atoms with E-state index >= 15 is 9.59 Å². The zero-order chi connectivity index (χ0) is 44.3. The number of halogens is 2. The Bertz CT molecular complexity index is 2730. The van der Waals surface area contributed by atoms with Gasteiger partial charge in [0, 0.05) is 36.3 Å². The van der Waals surface area contributed by atoms with Crippen molar-refractivity contribution in [2.75, 3.05) is 43.5 Å². The van der Waals surface area contributed by atoms with Crippen molar-refractivity contribution in [3.05, 3.63) is 142 Å². The number of carbonyl (C=O) groups is 4. The van der Waals surface area contributed by atoms with E-state index in [9.17, 15) is 14.7 Å². The van der Waals surface area contributed by atoms with E-state index in [1.54, 1.807) is 78.9 Å². The molecule has 2 heterocycles. The molecule has 2 saturated heterocycles. The van der Waals surface area contributed by atoms with Crippen LogP contribution in [0, 0.1) is 23.7 Å². The van der Waals surface area contributed by atoms with Crippen LogP contribution in [0.15, 0.2) is 131 Å². The van der Waals surface area contributed by atoms with Crippen LogP contribution >= 0.6 is 23.2 Å². The number of aromatic hydroxyl groups is 1. The van der Waals surface area contributed by atoms with Gasteiger partial charge in [-0.2, -0.15) is 15.2 Å². The Kier molecular flexibility index (Phi) is 10.7. The van der Waals surface area contributed by atoms with Gasteiger partial charge in [-0.3, -0.25) is 29.5 Å². The average molecular weight is 886 g/mol. The van der Waals surface area contributed by atoms with E-state index in [4.69, 9.17) is 32.7 Å². The first-order chi connectivity index (χ1) is 30.4. The molecule has 5 aromatic carbocycles. The van der Waals surface area contributed by atoms with Crippen LogP contribution in [0.25, 0.3) is 0 Å². The molecule has 1 saturated carbocycles. The molecule has 15 heteroatoms. The summed E-state index contributed by atoms with van der Waals surface area (Å²) in [6, 6.07) is 31.0. The summed E-state index contributed by atoms with van der Waals surface area (Å²) in [7, 11) is 6.87. The van der Waals surface area contributed by atoms with Gasteiger partial charge in [0.15, 0.2) is 11.5 Å². The van der Waals surface area contributed by atoms with Gasteiger partial charge < -0.3 is 19.5 Å². The molecule has 3 fully saturated rings. The minimum absolute atomic E-state index is 0.0407. The predicted octanol–water partition coefficient (Wildman–Crippen LogP) is 9.39. The third kappa shape index (κ3) is 6.77. The summed E-state index contributed by atoms with van der Waals surface area (Å²) in [5, 5.41) is 22.2. The number of hydrogen-bond donors (Lipinski definition) is 2. The van der Waals surface area contributed by atoms with Gasteiger partial charge in [-0.05, 0) is 109 Å². The molecule has 0 aromatic heterocycles. The fourth-order valence-corrected chi connectivity index (χ4v) is 10.4. The highest BCUT2D eigenvalue weighted by molar-refractivity contribution is 6.36. The number of imide groups is 2. The lowest BCUT2D eigenvalue weighted by molar-refractivity contribution is -0.138. The number of phenolic OH excluding ortho intramolecular Hbond substituents is 1. The monoisotopic (exact) mass is 884 g/mol. The second-order valence-corrected chi connectivity index (χ2v) is 17.1. The van der Waals surface area contributed by atoms with Crippen LogP contribution < -0.4 is 24.7 Å². The third-order valence-corrected chi connectivity index (χ3v) is 13.4. The number of hydrazine groups is 1. The number of nitrogens with one attached hydrogen (secondary N) is 1. The Hall–Kier alpha value is -6.70. The summed E-state index contributed by atoms with van der Waals surface area (Å²) in [6.07, 6.45) is 2.15. The Labute approximate surface area is 373 Å². The van der Waals surface area contributed by atoms with Crippen LogP contribution in [0.3, 0.4) is 0 Å². The predicted molar refractivity (Wildman–Crippen MR) is 239 cm³/mol. The Morgan fingerprint density at radius 2 is 1.48 bits per heavy atom. The number of ether oxygens (including phenoxy) is 2. The van der Waals surface area contributed by atoms with Crippen LogP contribution in [0.2, 0.25) is 10.0 Å². The van der Waals surface area contributed by atoms with Crippen LogP contribution in [0.5, 0.6) is 17.2 Å². The van der Waals surface area contributed by atoms with Crippen LogP contribution in [0.4, 0.5) is 28.4 Å². The van der Waals surface area contributed by atoms with Crippen molar-refractivity contribution in [2.45, 2.75) is 24.2 Å². The lowest BCUT2D eigenvalue weighted by Crippen LogP contribution is -2.53.